The number of nitrogens with one attached hydrogen (secondary N) is 8. The lowest BCUT2D eigenvalue weighted by molar-refractivity contribution is -0.125. The van der Waals surface area contributed by atoms with Crippen LogP contribution >= 0.6 is 0 Å². The standard InChI is InChI=1S/C15H19NO.C9H17NO.C9H19NO.C8H15NO.C8H17NO.C6H13NO2.C6H11NO.C6H13NO/c1-11(17)15(2,16-3)10-13-9-8-12-6-4-5-7-14(12)13;1-8(11)9(10-2)6-4-3-5-7-9;1-7(2)5-6-9(10-4)8(3)11;1-7(10)8(9-2)5-3-4-6-8;1-4-5-6-8(9-3)7(2)10;1-5(9)6(2,4-8)7-3;1-5(8)6(7-2)3-4-6;1-5(8)6(2,3)7-4/h4-7,9,16H,8,10H2,1-3H3;10H,3-7H2,1-2H3;7,9-10H,5-6H2,1-4H3;9H,3-6H2,1-2H3;8-9H,4-6H2,1-3H3;7-8H,4H2,1-3H3;7H,3-4H2,1-2H3;7H,1-4H3/t15-;;9-;;8-;6-;;/m0.0.00../s1. The van der Waals surface area contributed by atoms with E-state index in [9.17, 15) is 38.4 Å². The number of aliphatic hydroxyl groups is 1. The SMILES string of the molecule is CCCC[C@H](NC)C(C)=O.CNC(C)(C)C(C)=O.CNC1(C(C)=O)CC1.CNC1(C(C)=O)CCCC1.CNC1(C(C)=O)CCCCC1.CN[C@@H](CCC(C)C)C(C)=O.CN[C@@](C)(CC1=CCc2ccccc21)C(C)=O.CN[C@@](C)(CO)C(C)=O. The van der Waals surface area contributed by atoms with Gasteiger partial charge in [0.1, 0.15) is 40.5 Å². The van der Waals surface area contributed by atoms with Crippen molar-refractivity contribution in [2.45, 2.75) is 265 Å². The van der Waals surface area contributed by atoms with Crippen LogP contribution in [0.4, 0.5) is 0 Å². The second kappa shape index (κ2) is 42.7. The van der Waals surface area contributed by atoms with Crippen molar-refractivity contribution in [2.24, 2.45) is 5.92 Å². The van der Waals surface area contributed by atoms with E-state index < -0.39 is 11.1 Å². The number of carbonyl (C=O) groups is 8. The number of hydrogen-bond donors (Lipinski definition) is 9. The van der Waals surface area contributed by atoms with Gasteiger partial charge in [0.05, 0.1) is 51.9 Å². The Balaban J connectivity index is -0.000000905. The summed E-state index contributed by atoms with van der Waals surface area (Å²) in [5.74, 6) is 2.36. The molecule has 0 spiro atoms. The van der Waals surface area contributed by atoms with Crippen LogP contribution in [0.5, 0.6) is 0 Å². The van der Waals surface area contributed by atoms with Gasteiger partial charge in [-0.1, -0.05) is 96.1 Å². The third-order valence-electron chi connectivity index (χ3n) is 17.9. The van der Waals surface area contributed by atoms with Gasteiger partial charge < -0.3 is 47.6 Å². The molecule has 9 N–H and O–H groups in total. The molecule has 1 aromatic rings. The Morgan fingerprint density at radius 3 is 1.17 bits per heavy atom. The van der Waals surface area contributed by atoms with E-state index in [0.29, 0.717) is 17.5 Å². The highest BCUT2D eigenvalue weighted by molar-refractivity contribution is 5.90. The van der Waals surface area contributed by atoms with Crippen molar-refractivity contribution >= 4 is 51.8 Å². The molecule has 0 bridgehead atoms. The minimum Gasteiger partial charge on any atom is -0.394 e. The summed E-state index contributed by atoms with van der Waals surface area (Å²) in [7, 11) is 14.6. The van der Waals surface area contributed by atoms with Crippen LogP contribution in [0.1, 0.15) is 224 Å². The quantitative estimate of drug-likeness (QED) is 0.0444. The average Bonchev–Trinajstić information content (AvgIpc) is 4.09. The maximum absolute atomic E-state index is 11.7. The van der Waals surface area contributed by atoms with Crippen molar-refractivity contribution < 1.29 is 43.5 Å². The zero-order chi connectivity index (χ0) is 65.7. The second-order valence-corrected chi connectivity index (χ2v) is 24.6. The Labute approximate surface area is 511 Å². The van der Waals surface area contributed by atoms with E-state index in [4.69, 9.17) is 5.11 Å². The zero-order valence-corrected chi connectivity index (χ0v) is 57.3. The minimum atomic E-state index is -0.750. The molecule has 17 nitrogen and oxygen atoms in total. The number of hydrogen-bond acceptors (Lipinski definition) is 17. The van der Waals surface area contributed by atoms with Crippen LogP contribution in [0.25, 0.3) is 5.57 Å². The average molecular weight is 1190 g/mol. The fraction of sp³-hybridized carbons (Fsp3) is 0.761. The highest BCUT2D eigenvalue weighted by atomic mass is 16.3. The van der Waals surface area contributed by atoms with Gasteiger partial charge in [0.15, 0.2) is 5.78 Å². The van der Waals surface area contributed by atoms with Gasteiger partial charge in [-0.3, -0.25) is 38.4 Å². The highest BCUT2D eigenvalue weighted by Crippen LogP contribution is 2.36. The van der Waals surface area contributed by atoms with Gasteiger partial charge in [0.2, 0.25) is 0 Å². The van der Waals surface area contributed by atoms with E-state index in [1.165, 1.54) is 55.7 Å². The van der Waals surface area contributed by atoms with Crippen molar-refractivity contribution in [3.8, 4) is 0 Å². The summed E-state index contributed by atoms with van der Waals surface area (Å²) >= 11 is 0. The molecule has 1 aromatic carbocycles. The van der Waals surface area contributed by atoms with Gasteiger partial charge in [0.25, 0.3) is 0 Å². The Kier molecular flexibility index (Phi) is 42.8. The lowest BCUT2D eigenvalue weighted by Gasteiger charge is -2.34. The van der Waals surface area contributed by atoms with E-state index in [2.05, 4.69) is 93.6 Å². The first-order valence-electron chi connectivity index (χ1n) is 31.0. The van der Waals surface area contributed by atoms with Crippen molar-refractivity contribution in [3.63, 3.8) is 0 Å². The Morgan fingerprint density at radius 1 is 0.524 bits per heavy atom. The zero-order valence-electron chi connectivity index (χ0n) is 57.3. The number of carbonyl (C=O) groups excluding carboxylic acids is 8. The van der Waals surface area contributed by atoms with Crippen molar-refractivity contribution in [1.82, 2.24) is 42.5 Å². The first kappa shape index (κ1) is 84.2. The van der Waals surface area contributed by atoms with Crippen LogP contribution in [0.15, 0.2) is 30.3 Å². The molecule has 0 aromatic heterocycles. The number of ketones is 8. The number of unbranched alkanes of at least 4 members (excludes halogenated alkanes) is 1. The molecule has 4 aliphatic rings. The predicted octanol–water partition coefficient (Wildman–Crippen LogP) is 8.59. The van der Waals surface area contributed by atoms with Gasteiger partial charge >= 0.3 is 0 Å². The van der Waals surface area contributed by atoms with Gasteiger partial charge in [-0.2, -0.15) is 0 Å². The molecular formula is C67H124N8O9. The topological polar surface area (TPSA) is 253 Å². The number of fused-ring (bicyclic) bond motifs is 1. The normalized spacial score (nSPS) is 17.7. The van der Waals surface area contributed by atoms with E-state index in [-0.39, 0.29) is 75.5 Å². The molecule has 4 atom stereocenters. The molecule has 3 fully saturated rings. The molecule has 0 unspecified atom stereocenters. The number of rotatable bonds is 25. The van der Waals surface area contributed by atoms with Crippen LogP contribution in [0.2, 0.25) is 0 Å². The summed E-state index contributed by atoms with van der Waals surface area (Å²) in [6.07, 6.45) is 21.6. The minimum absolute atomic E-state index is 0.0486. The predicted molar refractivity (Wildman–Crippen MR) is 349 cm³/mol. The molecule has 17 heteroatoms. The molecular weight excluding hydrogens is 1060 g/mol. The van der Waals surface area contributed by atoms with Gasteiger partial charge in [0, 0.05) is 0 Å². The number of benzene rings is 1. The third-order valence-corrected chi connectivity index (χ3v) is 17.9. The molecule has 0 saturated heterocycles. The lowest BCUT2D eigenvalue weighted by atomic mass is 9.79. The number of aliphatic hydroxyl groups excluding tert-OH is 1. The van der Waals surface area contributed by atoms with Crippen molar-refractivity contribution in [1.29, 1.82) is 0 Å². The largest absolute Gasteiger partial charge is 0.394 e. The molecule has 486 valence electrons. The molecule has 3 saturated carbocycles. The summed E-state index contributed by atoms with van der Waals surface area (Å²) in [5.41, 5.74) is 1.98. The van der Waals surface area contributed by atoms with E-state index in [1.807, 2.05) is 63.1 Å². The summed E-state index contributed by atoms with van der Waals surface area (Å²) in [5, 5.41) is 32.7. The summed E-state index contributed by atoms with van der Waals surface area (Å²) < 4.78 is 0. The Morgan fingerprint density at radius 2 is 0.917 bits per heavy atom. The number of likely N-dealkylation sites (N-methyl/N-ethyl adjacent to an activating group) is 8. The second-order valence-electron chi connectivity index (χ2n) is 24.6. The Bertz CT molecular complexity index is 2140. The number of Topliss-reactive ketones (excluding diaryl/α,β-unsaturated/α-hetero) is 8. The smallest absolute Gasteiger partial charge is 0.151 e. The maximum Gasteiger partial charge on any atom is 0.151 e. The van der Waals surface area contributed by atoms with E-state index >= 15 is 0 Å². The molecule has 5 rings (SSSR count). The molecule has 4 aliphatic carbocycles. The van der Waals surface area contributed by atoms with Crippen LogP contribution in [-0.2, 0) is 44.8 Å². The van der Waals surface area contributed by atoms with Crippen LogP contribution in [0.3, 0.4) is 0 Å². The van der Waals surface area contributed by atoms with Gasteiger partial charge in [-0.05, 0) is 233 Å². The van der Waals surface area contributed by atoms with E-state index in [0.717, 1.165) is 83.5 Å². The van der Waals surface area contributed by atoms with Crippen LogP contribution in [-0.4, -0.2) is 160 Å². The summed E-state index contributed by atoms with van der Waals surface area (Å²) in [4.78, 5) is 87.9. The van der Waals surface area contributed by atoms with Crippen molar-refractivity contribution in [2.75, 3.05) is 63.0 Å². The maximum atomic E-state index is 11.7. The lowest BCUT2D eigenvalue weighted by Crippen LogP contribution is -2.50. The number of allylic oxidation sites excluding steroid dienone is 1. The molecule has 0 radical (unpaired) electrons. The first-order valence-corrected chi connectivity index (χ1v) is 31.0. The fourth-order valence-electron chi connectivity index (χ4n) is 9.44. The molecule has 0 heterocycles. The van der Waals surface area contributed by atoms with Crippen LogP contribution < -0.4 is 42.5 Å². The summed E-state index contributed by atoms with van der Waals surface area (Å²) in [6, 6.07) is 8.57. The fourth-order valence-corrected chi connectivity index (χ4v) is 9.44. The Hall–Kier alpha value is -4.04. The monoisotopic (exact) mass is 1180 g/mol. The molecule has 0 aliphatic heterocycles. The van der Waals surface area contributed by atoms with Gasteiger partial charge in [-0.15, -0.1) is 0 Å². The summed E-state index contributed by atoms with van der Waals surface area (Å²) in [6.45, 7) is 26.6. The third kappa shape index (κ3) is 30.5. The van der Waals surface area contributed by atoms with E-state index in [1.54, 1.807) is 69.5 Å². The van der Waals surface area contributed by atoms with Gasteiger partial charge in [-0.25, -0.2) is 0 Å². The van der Waals surface area contributed by atoms with Crippen LogP contribution in [0, 0.1) is 5.92 Å². The highest BCUT2D eigenvalue weighted by Gasteiger charge is 2.45. The van der Waals surface area contributed by atoms with Crippen molar-refractivity contribution in [3.05, 3.63) is 41.5 Å². The first-order chi connectivity index (χ1) is 39.1. The molecule has 84 heavy (non-hydrogen) atoms. The molecule has 0 amide bonds.